The zero-order valence-electron chi connectivity index (χ0n) is 10.1. The van der Waals surface area contributed by atoms with Crippen molar-refractivity contribution in [2.75, 3.05) is 0 Å². The first-order valence-electron chi connectivity index (χ1n) is 6.38. The number of aliphatic hydroxyl groups is 1. The molecule has 0 aromatic heterocycles. The molecule has 0 amide bonds. The van der Waals surface area contributed by atoms with Crippen molar-refractivity contribution in [1.29, 1.82) is 0 Å². The third-order valence-electron chi connectivity index (χ3n) is 4.75. The molecule has 0 bridgehead atoms. The fraction of sp³-hybridized carbons (Fsp3) is 0.857. The van der Waals surface area contributed by atoms with Crippen LogP contribution in [-0.2, 0) is 0 Å². The van der Waals surface area contributed by atoms with Crippen molar-refractivity contribution in [3.8, 4) is 0 Å². The van der Waals surface area contributed by atoms with E-state index in [1.807, 2.05) is 6.92 Å². The van der Waals surface area contributed by atoms with E-state index in [9.17, 15) is 5.11 Å². The Kier molecular flexibility index (Phi) is 2.94. The summed E-state index contributed by atoms with van der Waals surface area (Å²) >= 11 is 0. The van der Waals surface area contributed by atoms with E-state index in [1.54, 1.807) is 0 Å². The molecule has 0 heterocycles. The summed E-state index contributed by atoms with van der Waals surface area (Å²) in [6, 6.07) is 0. The van der Waals surface area contributed by atoms with Gasteiger partial charge in [-0.25, -0.2) is 0 Å². The molecule has 1 N–H and O–H groups in total. The van der Waals surface area contributed by atoms with Crippen molar-refractivity contribution in [3.05, 3.63) is 12.2 Å². The smallest absolute Gasteiger partial charge is 0.0650 e. The molecule has 0 spiro atoms. The summed E-state index contributed by atoms with van der Waals surface area (Å²) in [6.45, 7) is 8.27. The maximum absolute atomic E-state index is 10.4. The predicted molar refractivity (Wildman–Crippen MR) is 63.6 cm³/mol. The van der Waals surface area contributed by atoms with Gasteiger partial charge in [-0.05, 0) is 63.7 Å². The largest absolute Gasteiger partial charge is 0.390 e. The molecule has 86 valence electrons. The molecule has 2 aliphatic carbocycles. The molecular weight excluding hydrogens is 184 g/mol. The van der Waals surface area contributed by atoms with Crippen molar-refractivity contribution in [3.63, 3.8) is 0 Å². The van der Waals surface area contributed by atoms with Crippen LogP contribution in [0.5, 0.6) is 0 Å². The number of hydrogen-bond acceptors (Lipinski definition) is 1. The van der Waals surface area contributed by atoms with Crippen LogP contribution in [0, 0.1) is 17.8 Å². The number of hydrogen-bond donors (Lipinski definition) is 1. The Hall–Kier alpha value is -0.300. The van der Waals surface area contributed by atoms with Crippen LogP contribution in [0.25, 0.3) is 0 Å². The van der Waals surface area contributed by atoms with Crippen LogP contribution in [0.3, 0.4) is 0 Å². The van der Waals surface area contributed by atoms with Gasteiger partial charge in [0.15, 0.2) is 0 Å². The SMILES string of the molecule is C=C(C)[C@H]1CC[C@H]2CCC[C@@](C)(O)[C@H]2C1. The zero-order valence-corrected chi connectivity index (χ0v) is 10.1. The Morgan fingerprint density at radius 2 is 2.07 bits per heavy atom. The Labute approximate surface area is 93.6 Å². The summed E-state index contributed by atoms with van der Waals surface area (Å²) < 4.78 is 0. The van der Waals surface area contributed by atoms with Crippen LogP contribution in [-0.4, -0.2) is 10.7 Å². The second-order valence-electron chi connectivity index (χ2n) is 5.97. The average Bonchev–Trinajstić information content (AvgIpc) is 2.17. The summed E-state index contributed by atoms with van der Waals surface area (Å²) in [5, 5.41) is 10.4. The molecule has 4 atom stereocenters. The van der Waals surface area contributed by atoms with Crippen molar-refractivity contribution in [2.24, 2.45) is 17.8 Å². The van der Waals surface area contributed by atoms with Gasteiger partial charge in [0.25, 0.3) is 0 Å². The minimum Gasteiger partial charge on any atom is -0.390 e. The molecule has 1 heteroatoms. The highest BCUT2D eigenvalue weighted by atomic mass is 16.3. The van der Waals surface area contributed by atoms with E-state index in [-0.39, 0.29) is 0 Å². The van der Waals surface area contributed by atoms with Gasteiger partial charge in [-0.3, -0.25) is 0 Å². The maximum atomic E-state index is 10.4. The normalized spacial score (nSPS) is 45.9. The van der Waals surface area contributed by atoms with Gasteiger partial charge in [-0.15, -0.1) is 0 Å². The third-order valence-corrected chi connectivity index (χ3v) is 4.75. The fourth-order valence-corrected chi connectivity index (χ4v) is 3.70. The van der Waals surface area contributed by atoms with Gasteiger partial charge in [0, 0.05) is 0 Å². The number of rotatable bonds is 1. The van der Waals surface area contributed by atoms with Crippen LogP contribution < -0.4 is 0 Å². The molecule has 2 aliphatic rings. The Bertz CT molecular complexity index is 254. The van der Waals surface area contributed by atoms with Crippen LogP contribution in [0.2, 0.25) is 0 Å². The first-order chi connectivity index (χ1) is 7.00. The topological polar surface area (TPSA) is 20.2 Å². The second-order valence-corrected chi connectivity index (χ2v) is 5.97. The molecule has 1 nitrogen and oxygen atoms in total. The Morgan fingerprint density at radius 3 is 2.73 bits per heavy atom. The van der Waals surface area contributed by atoms with E-state index in [0.29, 0.717) is 11.8 Å². The lowest BCUT2D eigenvalue weighted by molar-refractivity contribution is -0.0805. The first-order valence-corrected chi connectivity index (χ1v) is 6.38. The summed E-state index contributed by atoms with van der Waals surface area (Å²) in [5.74, 6) is 1.97. The van der Waals surface area contributed by atoms with Crippen LogP contribution >= 0.6 is 0 Å². The van der Waals surface area contributed by atoms with Crippen LogP contribution in [0.1, 0.15) is 52.4 Å². The second kappa shape index (κ2) is 3.93. The molecule has 0 aromatic carbocycles. The van der Waals surface area contributed by atoms with Crippen molar-refractivity contribution in [1.82, 2.24) is 0 Å². The number of allylic oxidation sites excluding steroid dienone is 1. The lowest BCUT2D eigenvalue weighted by atomic mass is 9.60. The van der Waals surface area contributed by atoms with E-state index in [4.69, 9.17) is 0 Å². The summed E-state index contributed by atoms with van der Waals surface area (Å²) in [7, 11) is 0. The molecule has 0 saturated heterocycles. The van der Waals surface area contributed by atoms with E-state index in [2.05, 4.69) is 13.5 Å². The average molecular weight is 208 g/mol. The molecule has 15 heavy (non-hydrogen) atoms. The monoisotopic (exact) mass is 208 g/mol. The Morgan fingerprint density at radius 1 is 1.33 bits per heavy atom. The lowest BCUT2D eigenvalue weighted by Crippen LogP contribution is -2.45. The summed E-state index contributed by atoms with van der Waals surface area (Å²) in [4.78, 5) is 0. The highest BCUT2D eigenvalue weighted by Crippen LogP contribution is 2.48. The minimum atomic E-state index is -0.406. The molecule has 0 unspecified atom stereocenters. The van der Waals surface area contributed by atoms with Gasteiger partial charge in [0.05, 0.1) is 5.60 Å². The van der Waals surface area contributed by atoms with Crippen LogP contribution in [0.15, 0.2) is 12.2 Å². The fourth-order valence-electron chi connectivity index (χ4n) is 3.70. The summed E-state index contributed by atoms with van der Waals surface area (Å²) in [6.07, 6.45) is 7.32. The van der Waals surface area contributed by atoms with E-state index in [0.717, 1.165) is 12.3 Å². The van der Waals surface area contributed by atoms with Gasteiger partial charge in [0.1, 0.15) is 0 Å². The molecule has 2 saturated carbocycles. The minimum absolute atomic E-state index is 0.406. The molecule has 0 radical (unpaired) electrons. The van der Waals surface area contributed by atoms with Gasteiger partial charge >= 0.3 is 0 Å². The quantitative estimate of drug-likeness (QED) is 0.654. The van der Waals surface area contributed by atoms with Gasteiger partial charge in [-0.1, -0.05) is 18.6 Å². The van der Waals surface area contributed by atoms with Crippen molar-refractivity contribution >= 4 is 0 Å². The highest BCUT2D eigenvalue weighted by molar-refractivity contribution is 5.03. The van der Waals surface area contributed by atoms with Crippen LogP contribution in [0.4, 0.5) is 0 Å². The predicted octanol–water partition coefficient (Wildman–Crippen LogP) is 3.53. The zero-order chi connectivity index (χ0) is 11.1. The molecule has 2 rings (SSSR count). The van der Waals surface area contributed by atoms with Crippen molar-refractivity contribution in [2.45, 2.75) is 58.0 Å². The summed E-state index contributed by atoms with van der Waals surface area (Å²) in [5.41, 5.74) is 0.909. The highest BCUT2D eigenvalue weighted by Gasteiger charge is 2.43. The van der Waals surface area contributed by atoms with E-state index in [1.165, 1.54) is 37.7 Å². The lowest BCUT2D eigenvalue weighted by Gasteiger charge is -2.47. The van der Waals surface area contributed by atoms with Gasteiger partial charge < -0.3 is 5.11 Å². The van der Waals surface area contributed by atoms with Crippen molar-refractivity contribution < 1.29 is 5.11 Å². The molecular formula is C14H24O. The van der Waals surface area contributed by atoms with E-state index < -0.39 is 5.60 Å². The first kappa shape index (κ1) is 11.2. The molecule has 0 aromatic rings. The molecule has 0 aliphatic heterocycles. The standard InChI is InChI=1S/C14H24O/c1-10(2)12-7-6-11-5-4-8-14(3,15)13(11)9-12/h11-13,15H,1,4-9H2,2-3H3/t11-,12+,13+,14-/m1/s1. The number of fused-ring (bicyclic) bond motifs is 1. The van der Waals surface area contributed by atoms with Gasteiger partial charge in [-0.2, -0.15) is 0 Å². The Balaban J connectivity index is 2.10. The molecule has 2 fully saturated rings. The maximum Gasteiger partial charge on any atom is 0.0650 e. The third kappa shape index (κ3) is 2.13. The van der Waals surface area contributed by atoms with Gasteiger partial charge in [0.2, 0.25) is 0 Å². The van der Waals surface area contributed by atoms with E-state index >= 15 is 0 Å².